The first-order valence-electron chi connectivity index (χ1n) is 3.84. The maximum atomic E-state index is 13.5. The highest BCUT2D eigenvalue weighted by Crippen LogP contribution is 2.35. The second-order valence-corrected chi connectivity index (χ2v) is 4.07. The number of anilines is 2. The maximum Gasteiger partial charge on any atom is 0.159 e. The number of nitrogen functional groups attached to an aromatic ring is 2. The Morgan fingerprint density at radius 2 is 2.07 bits per heavy atom. The van der Waals surface area contributed by atoms with Crippen molar-refractivity contribution in [1.29, 1.82) is 0 Å². The largest absolute Gasteiger partial charge is 0.398 e. The van der Waals surface area contributed by atoms with E-state index < -0.39 is 5.82 Å². The van der Waals surface area contributed by atoms with Crippen LogP contribution in [0.2, 0.25) is 5.02 Å². The first-order valence-corrected chi connectivity index (χ1v) is 5.21. The highest BCUT2D eigenvalue weighted by Gasteiger charge is 2.14. The molecule has 0 radical (unpaired) electrons. The fourth-order valence-corrected chi connectivity index (χ4v) is 1.90. The predicted molar refractivity (Wildman–Crippen MR) is 58.0 cm³/mol. The second kappa shape index (κ2) is 4.72. The van der Waals surface area contributed by atoms with Gasteiger partial charge in [0.1, 0.15) is 5.02 Å². The molecule has 0 saturated carbocycles. The van der Waals surface area contributed by atoms with Crippen molar-refractivity contribution in [1.82, 2.24) is 0 Å². The van der Waals surface area contributed by atoms with Crippen LogP contribution in [0.25, 0.3) is 0 Å². The number of rotatable bonds is 3. The molecule has 0 aliphatic carbocycles. The van der Waals surface area contributed by atoms with Crippen molar-refractivity contribution in [3.8, 4) is 0 Å². The van der Waals surface area contributed by atoms with Crippen molar-refractivity contribution in [3.63, 3.8) is 0 Å². The Kier molecular flexibility index (Phi) is 3.86. The Bertz CT molecular complexity index is 349. The van der Waals surface area contributed by atoms with Crippen LogP contribution >= 0.6 is 23.4 Å². The molecule has 1 rings (SSSR count). The third-order valence-electron chi connectivity index (χ3n) is 1.56. The van der Waals surface area contributed by atoms with Gasteiger partial charge in [-0.25, -0.2) is 4.39 Å². The molecule has 0 saturated heterocycles. The molecule has 0 amide bonds. The monoisotopic (exact) mass is 236 g/mol. The maximum absolute atomic E-state index is 13.5. The van der Waals surface area contributed by atoms with Crippen molar-refractivity contribution >= 4 is 34.7 Å². The zero-order valence-electron chi connectivity index (χ0n) is 7.26. The highest BCUT2D eigenvalue weighted by molar-refractivity contribution is 7.99. The van der Waals surface area contributed by atoms with Gasteiger partial charge in [0.05, 0.1) is 22.9 Å². The summed E-state index contributed by atoms with van der Waals surface area (Å²) in [5.74, 6) is -0.260. The molecule has 1 aromatic rings. The van der Waals surface area contributed by atoms with E-state index in [-0.39, 0.29) is 27.9 Å². The van der Waals surface area contributed by atoms with Crippen molar-refractivity contribution in [2.24, 2.45) is 0 Å². The summed E-state index contributed by atoms with van der Waals surface area (Å²) < 4.78 is 13.5. The number of hydrogen-bond donors (Lipinski definition) is 3. The first kappa shape index (κ1) is 11.4. The number of halogens is 2. The van der Waals surface area contributed by atoms with Gasteiger partial charge in [-0.05, 0) is 6.07 Å². The molecule has 78 valence electrons. The SMILES string of the molecule is Nc1cc(N)c(SCCO)c(F)c1Cl. The number of hydrogen-bond acceptors (Lipinski definition) is 4. The third kappa shape index (κ3) is 2.23. The van der Waals surface area contributed by atoms with Gasteiger partial charge < -0.3 is 16.6 Å². The molecule has 0 fully saturated rings. The summed E-state index contributed by atoms with van der Waals surface area (Å²) in [5.41, 5.74) is 11.3. The number of nitrogens with two attached hydrogens (primary N) is 2. The van der Waals surface area contributed by atoms with Gasteiger partial charge >= 0.3 is 0 Å². The van der Waals surface area contributed by atoms with Gasteiger partial charge in [0.25, 0.3) is 0 Å². The van der Waals surface area contributed by atoms with E-state index in [0.717, 1.165) is 11.8 Å². The Hall–Kier alpha value is -0.650. The van der Waals surface area contributed by atoms with Crippen LogP contribution in [0, 0.1) is 5.82 Å². The molecule has 1 aromatic carbocycles. The van der Waals surface area contributed by atoms with Crippen molar-refractivity contribution in [2.45, 2.75) is 4.90 Å². The molecular formula is C8H10ClFN2OS. The van der Waals surface area contributed by atoms with E-state index >= 15 is 0 Å². The van der Waals surface area contributed by atoms with Crippen LogP contribution in [0.15, 0.2) is 11.0 Å². The summed E-state index contributed by atoms with van der Waals surface area (Å²) in [6.45, 7) is -0.0501. The fourth-order valence-electron chi connectivity index (χ4n) is 0.944. The molecule has 0 heterocycles. The van der Waals surface area contributed by atoms with Crippen molar-refractivity contribution in [2.75, 3.05) is 23.8 Å². The third-order valence-corrected chi connectivity index (χ3v) is 3.03. The predicted octanol–water partition coefficient (Wildman–Crippen LogP) is 1.73. The second-order valence-electron chi connectivity index (χ2n) is 2.58. The average molecular weight is 237 g/mol. The first-order chi connectivity index (χ1) is 6.57. The topological polar surface area (TPSA) is 72.3 Å². The summed E-state index contributed by atoms with van der Waals surface area (Å²) in [6, 6.07) is 1.41. The zero-order valence-corrected chi connectivity index (χ0v) is 8.83. The molecule has 0 aliphatic rings. The zero-order chi connectivity index (χ0) is 10.7. The van der Waals surface area contributed by atoms with Gasteiger partial charge in [-0.3, -0.25) is 0 Å². The lowest BCUT2D eigenvalue weighted by atomic mass is 10.3. The van der Waals surface area contributed by atoms with Crippen LogP contribution in [0.5, 0.6) is 0 Å². The lowest BCUT2D eigenvalue weighted by Gasteiger charge is -2.09. The Morgan fingerprint density at radius 1 is 1.43 bits per heavy atom. The Labute approximate surface area is 90.2 Å². The molecule has 0 aromatic heterocycles. The minimum Gasteiger partial charge on any atom is -0.398 e. The fraction of sp³-hybridized carbons (Fsp3) is 0.250. The van der Waals surface area contributed by atoms with Gasteiger partial charge in [-0.15, -0.1) is 11.8 Å². The van der Waals surface area contributed by atoms with E-state index in [0.29, 0.717) is 5.75 Å². The normalized spacial score (nSPS) is 10.5. The standard InChI is InChI=1S/C8H10ClFN2OS/c9-6-4(11)3-5(12)8(7(6)10)14-2-1-13/h3,13H,1-2,11-12H2. The average Bonchev–Trinajstić information content (AvgIpc) is 2.14. The van der Waals surface area contributed by atoms with Crippen molar-refractivity contribution < 1.29 is 9.50 Å². The van der Waals surface area contributed by atoms with Crippen LogP contribution in [0.4, 0.5) is 15.8 Å². The van der Waals surface area contributed by atoms with Gasteiger partial charge in [-0.1, -0.05) is 11.6 Å². The number of aliphatic hydroxyl groups is 1. The van der Waals surface area contributed by atoms with Crippen LogP contribution in [0.3, 0.4) is 0 Å². The van der Waals surface area contributed by atoms with Gasteiger partial charge in [0.15, 0.2) is 5.82 Å². The molecule has 0 unspecified atom stereocenters. The molecule has 0 aliphatic heterocycles. The quantitative estimate of drug-likeness (QED) is 0.552. The van der Waals surface area contributed by atoms with Gasteiger partial charge in [-0.2, -0.15) is 0 Å². The van der Waals surface area contributed by atoms with E-state index in [1.165, 1.54) is 6.07 Å². The molecule has 3 nitrogen and oxygen atoms in total. The molecule has 0 atom stereocenters. The van der Waals surface area contributed by atoms with Crippen LogP contribution < -0.4 is 11.5 Å². The van der Waals surface area contributed by atoms with Gasteiger partial charge in [0, 0.05) is 5.75 Å². The van der Waals surface area contributed by atoms with E-state index in [1.54, 1.807) is 0 Å². The molecule has 0 spiro atoms. The Morgan fingerprint density at radius 3 is 2.64 bits per heavy atom. The van der Waals surface area contributed by atoms with E-state index in [4.69, 9.17) is 28.2 Å². The molecule has 5 N–H and O–H groups in total. The summed E-state index contributed by atoms with van der Waals surface area (Å²) in [5, 5.41) is 8.47. The summed E-state index contributed by atoms with van der Waals surface area (Å²) in [6.07, 6.45) is 0. The smallest absolute Gasteiger partial charge is 0.159 e. The summed E-state index contributed by atoms with van der Waals surface area (Å²) in [4.78, 5) is 0.234. The molecule has 14 heavy (non-hydrogen) atoms. The van der Waals surface area contributed by atoms with Crippen LogP contribution in [-0.2, 0) is 0 Å². The Balaban J connectivity index is 3.09. The minimum atomic E-state index is -0.623. The van der Waals surface area contributed by atoms with E-state index in [1.807, 2.05) is 0 Å². The van der Waals surface area contributed by atoms with E-state index in [2.05, 4.69) is 0 Å². The molecule has 0 bridgehead atoms. The number of benzene rings is 1. The summed E-state index contributed by atoms with van der Waals surface area (Å²) in [7, 11) is 0. The highest BCUT2D eigenvalue weighted by atomic mass is 35.5. The minimum absolute atomic E-state index is 0.0501. The molecular weight excluding hydrogens is 227 g/mol. The lowest BCUT2D eigenvalue weighted by molar-refractivity contribution is 0.322. The van der Waals surface area contributed by atoms with Crippen LogP contribution in [-0.4, -0.2) is 17.5 Å². The lowest BCUT2D eigenvalue weighted by Crippen LogP contribution is -1.99. The van der Waals surface area contributed by atoms with Crippen molar-refractivity contribution in [3.05, 3.63) is 16.9 Å². The summed E-state index contributed by atoms with van der Waals surface area (Å²) >= 11 is 6.71. The number of aliphatic hydroxyl groups excluding tert-OH is 1. The molecule has 6 heteroatoms. The van der Waals surface area contributed by atoms with Crippen LogP contribution in [0.1, 0.15) is 0 Å². The number of thioether (sulfide) groups is 1. The van der Waals surface area contributed by atoms with E-state index in [9.17, 15) is 4.39 Å². The van der Waals surface area contributed by atoms with Gasteiger partial charge in [0.2, 0.25) is 0 Å².